The first kappa shape index (κ1) is 17.6. The molecule has 0 aliphatic carbocycles. The minimum absolute atomic E-state index is 0.119. The fraction of sp³-hybridized carbons (Fsp3) is 0.200. The van der Waals surface area contributed by atoms with Crippen molar-refractivity contribution in [3.05, 3.63) is 34.4 Å². The molecule has 0 saturated carbocycles. The fourth-order valence-electron chi connectivity index (χ4n) is 1.28. The zero-order valence-electron chi connectivity index (χ0n) is 10.5. The van der Waals surface area contributed by atoms with Gasteiger partial charge in [0.25, 0.3) is 5.69 Å². The normalized spacial score (nSPS) is 11.9. The Labute approximate surface area is 126 Å². The number of nitro benzene ring substituents is 1. The molecule has 0 fully saturated rings. The van der Waals surface area contributed by atoms with E-state index in [9.17, 15) is 19.7 Å². The Hall–Kier alpha value is -1.48. The Balaban J connectivity index is 2.76. The zero-order valence-corrected chi connectivity index (χ0v) is 13.7. The summed E-state index contributed by atoms with van der Waals surface area (Å²) in [7, 11) is 4.55. The van der Waals surface area contributed by atoms with E-state index < -0.39 is 22.9 Å². The van der Waals surface area contributed by atoms with Gasteiger partial charge in [-0.3, -0.25) is 14.9 Å². The third kappa shape index (κ3) is 5.80. The molecule has 1 aromatic rings. The number of nitro groups is 1. The predicted octanol–water partition coefficient (Wildman–Crippen LogP) is 2.51. The van der Waals surface area contributed by atoms with Crippen LogP contribution in [-0.2, 0) is 14.1 Å². The van der Waals surface area contributed by atoms with Crippen molar-refractivity contribution in [2.24, 2.45) is 4.74 Å². The molecule has 0 N–H and O–H groups in total. The van der Waals surface area contributed by atoms with Gasteiger partial charge in [-0.2, -0.15) is 0 Å². The number of nitrogens with zero attached hydrogens (tertiary/aromatic N) is 2. The van der Waals surface area contributed by atoms with Crippen LogP contribution >= 0.6 is 26.5 Å². The molecular weight excluding hydrogens is 337 g/mol. The largest absolute Gasteiger partial charge is 0.451 e. The van der Waals surface area contributed by atoms with E-state index in [1.165, 1.54) is 24.3 Å². The van der Waals surface area contributed by atoms with Crippen molar-refractivity contribution in [1.29, 1.82) is 0 Å². The van der Waals surface area contributed by atoms with Gasteiger partial charge in [-0.1, -0.05) is 8.93 Å². The van der Waals surface area contributed by atoms with Gasteiger partial charge in [0.15, 0.2) is 6.04 Å². The lowest BCUT2D eigenvalue weighted by Gasteiger charge is -2.10. The number of hydrogen-bond acceptors (Lipinski definition) is 7. The van der Waals surface area contributed by atoms with Crippen molar-refractivity contribution < 1.29 is 23.8 Å². The first-order valence-corrected chi connectivity index (χ1v) is 8.37. The average molecular weight is 348 g/mol. The Kier molecular flexibility index (Phi) is 7.30. The van der Waals surface area contributed by atoms with Gasteiger partial charge in [0.1, 0.15) is 5.75 Å². The monoisotopic (exact) mass is 348 g/mol. The average Bonchev–Trinajstić information content (AvgIpc) is 2.47. The van der Waals surface area contributed by atoms with Crippen LogP contribution in [0.1, 0.15) is 6.42 Å². The van der Waals surface area contributed by atoms with E-state index >= 15 is 0 Å². The van der Waals surface area contributed by atoms with Crippen LogP contribution < -0.4 is 4.74 Å². The second-order valence-electron chi connectivity index (χ2n) is 3.61. The zero-order chi connectivity index (χ0) is 15.8. The molecule has 0 saturated heterocycles. The van der Waals surface area contributed by atoms with Crippen LogP contribution in [0.2, 0.25) is 0 Å². The number of hydrogen-bond donors (Lipinski definition) is 0. The number of esters is 1. The molecule has 0 bridgehead atoms. The summed E-state index contributed by atoms with van der Waals surface area (Å²) in [4.78, 5) is 33.0. The van der Waals surface area contributed by atoms with Gasteiger partial charge in [-0.15, -0.1) is 0 Å². The van der Waals surface area contributed by atoms with Gasteiger partial charge in [0.2, 0.25) is 0 Å². The van der Waals surface area contributed by atoms with E-state index in [0.29, 0.717) is 8.06 Å². The molecule has 0 radical (unpaired) electrons. The Morgan fingerprint density at radius 3 is 2.48 bits per heavy atom. The number of benzene rings is 1. The molecule has 112 valence electrons. The van der Waals surface area contributed by atoms with Gasteiger partial charge in [-0.25, -0.2) is 9.54 Å². The number of ether oxygens (including phenoxy) is 1. The molecule has 0 aliphatic rings. The number of carbonyl (C=O) groups is 2. The van der Waals surface area contributed by atoms with E-state index in [4.69, 9.17) is 4.74 Å². The van der Waals surface area contributed by atoms with Crippen molar-refractivity contribution >= 4 is 44.1 Å². The van der Waals surface area contributed by atoms with Crippen LogP contribution in [0.4, 0.5) is 5.69 Å². The first-order chi connectivity index (χ1) is 9.97. The lowest BCUT2D eigenvalue weighted by atomic mass is 10.2. The van der Waals surface area contributed by atoms with Gasteiger partial charge in [0.05, 0.1) is 20.8 Å². The van der Waals surface area contributed by atoms with Crippen molar-refractivity contribution in [3.8, 4) is 5.75 Å². The van der Waals surface area contributed by atoms with E-state index in [1.54, 1.807) is 9.47 Å². The summed E-state index contributed by atoms with van der Waals surface area (Å²) < 4.78 is 13.3. The minimum atomic E-state index is -1.01. The van der Waals surface area contributed by atoms with Gasteiger partial charge >= 0.3 is 11.9 Å². The molecule has 21 heavy (non-hydrogen) atoms. The summed E-state index contributed by atoms with van der Waals surface area (Å²) in [5, 5.41) is 10.5. The minimum Gasteiger partial charge on any atom is -0.451 e. The molecule has 3 atom stereocenters. The molecular formula is C10H11N2O6P3. The molecule has 0 spiro atoms. The van der Waals surface area contributed by atoms with Crippen molar-refractivity contribution in [3.63, 3.8) is 0 Å². The smallest absolute Gasteiger partial charge is 0.337 e. The molecule has 0 amide bonds. The molecule has 11 heteroatoms. The highest BCUT2D eigenvalue weighted by molar-refractivity contribution is 7.97. The third-order valence-electron chi connectivity index (χ3n) is 2.24. The molecule has 2 unspecified atom stereocenters. The van der Waals surface area contributed by atoms with Crippen LogP contribution in [0, 0.1) is 10.1 Å². The topological polar surface area (TPSA) is 108 Å². The van der Waals surface area contributed by atoms with Crippen LogP contribution in [0.3, 0.4) is 0 Å². The summed E-state index contributed by atoms with van der Waals surface area (Å²) in [6, 6.07) is 3.99. The maximum Gasteiger partial charge on any atom is 0.337 e. The van der Waals surface area contributed by atoms with E-state index in [1.807, 2.05) is 0 Å². The quantitative estimate of drug-likeness (QED) is 0.257. The molecule has 8 nitrogen and oxygen atoms in total. The lowest BCUT2D eigenvalue weighted by molar-refractivity contribution is -0.384. The Bertz CT molecular complexity index is 562. The van der Waals surface area contributed by atoms with Gasteiger partial charge < -0.3 is 9.26 Å². The second-order valence-corrected chi connectivity index (χ2v) is 5.00. The summed E-state index contributed by atoms with van der Waals surface area (Å²) in [5.74, 6) is -1.23. The fourth-order valence-corrected chi connectivity index (χ4v) is 2.19. The van der Waals surface area contributed by atoms with E-state index in [0.717, 1.165) is 0 Å². The number of carbonyl (C=O) groups excluding carboxylic acids is 2. The Morgan fingerprint density at radius 2 is 2.00 bits per heavy atom. The second kappa shape index (κ2) is 8.73. The highest BCUT2D eigenvalue weighted by atomic mass is 32.0. The van der Waals surface area contributed by atoms with Crippen molar-refractivity contribution in [2.75, 3.05) is 0 Å². The Morgan fingerprint density at radius 1 is 1.38 bits per heavy atom. The molecule has 1 rings (SSSR count). The standard InChI is InChI=1S/C10H11N2O6P3/c13-9(18-19)5-8(11-21-20)10(14)17-7-3-1-6(2-4-7)12(15)16/h1-4,8H,5,19-20H2/t8-/m0/s1. The third-order valence-corrected chi connectivity index (χ3v) is 3.31. The number of rotatable bonds is 6. The van der Waals surface area contributed by atoms with E-state index in [-0.39, 0.29) is 17.9 Å². The summed E-state index contributed by atoms with van der Waals surface area (Å²) in [6.45, 7) is 0. The van der Waals surface area contributed by atoms with Gasteiger partial charge in [0, 0.05) is 20.2 Å². The van der Waals surface area contributed by atoms with Gasteiger partial charge in [-0.05, 0) is 12.1 Å². The van der Waals surface area contributed by atoms with E-state index in [2.05, 4.69) is 18.2 Å². The highest BCUT2D eigenvalue weighted by Gasteiger charge is 2.23. The van der Waals surface area contributed by atoms with Crippen LogP contribution in [0.15, 0.2) is 29.0 Å². The van der Waals surface area contributed by atoms with Crippen LogP contribution in [0.25, 0.3) is 0 Å². The first-order valence-electron chi connectivity index (χ1n) is 5.43. The summed E-state index contributed by atoms with van der Waals surface area (Å²) in [5.41, 5.74) is -0.119. The van der Waals surface area contributed by atoms with Crippen LogP contribution in [-0.4, -0.2) is 22.9 Å². The lowest BCUT2D eigenvalue weighted by Crippen LogP contribution is -2.26. The maximum absolute atomic E-state index is 11.9. The maximum atomic E-state index is 11.9. The molecule has 0 aliphatic heterocycles. The highest BCUT2D eigenvalue weighted by Crippen LogP contribution is 2.20. The van der Waals surface area contributed by atoms with Crippen LogP contribution in [0.5, 0.6) is 5.75 Å². The molecule has 0 heterocycles. The van der Waals surface area contributed by atoms with Crippen molar-refractivity contribution in [2.45, 2.75) is 12.5 Å². The molecule has 0 aromatic heterocycles. The predicted molar refractivity (Wildman–Crippen MR) is 82.0 cm³/mol. The summed E-state index contributed by atoms with van der Waals surface area (Å²) in [6.07, 6.45) is -0.253. The SMILES string of the molecule is O=C(C[C@H](N=PP)C(=O)Oc1ccc([N+](=O)[O-])cc1)OP. The number of non-ortho nitro benzene ring substituents is 1. The van der Waals surface area contributed by atoms with Crippen molar-refractivity contribution in [1.82, 2.24) is 0 Å². The summed E-state index contributed by atoms with van der Waals surface area (Å²) >= 11 is 0. The molecule has 1 aromatic carbocycles.